The van der Waals surface area contributed by atoms with E-state index < -0.39 is 0 Å². The molecule has 0 bridgehead atoms. The van der Waals surface area contributed by atoms with Crippen LogP contribution in [-0.4, -0.2) is 18.4 Å². The average molecular weight is 402 g/mol. The minimum absolute atomic E-state index is 0. The summed E-state index contributed by atoms with van der Waals surface area (Å²) in [5.74, 6) is -0.265. The molecule has 3 rings (SSSR count). The standard InChI is InChI=1S/C22H27N3O2.ClH/c1-22(2,3)14-25-21(27)17-8-6-16(7-9-17)20(26)24-11-15-4-5-18-12-23-13-19(18)10-15;/h4-10,23H,11-14H2,1-3H3,(H,24,26)(H,25,27);1H. The van der Waals surface area contributed by atoms with E-state index in [0.29, 0.717) is 24.2 Å². The third kappa shape index (κ3) is 5.81. The number of hydrogen-bond acceptors (Lipinski definition) is 3. The molecule has 1 aliphatic heterocycles. The summed E-state index contributed by atoms with van der Waals surface area (Å²) in [5, 5.41) is 9.17. The van der Waals surface area contributed by atoms with E-state index in [1.165, 1.54) is 11.1 Å². The van der Waals surface area contributed by atoms with Crippen LogP contribution >= 0.6 is 12.4 Å². The van der Waals surface area contributed by atoms with Crippen LogP contribution in [0.4, 0.5) is 0 Å². The number of amides is 2. The van der Waals surface area contributed by atoms with Crippen molar-refractivity contribution >= 4 is 24.2 Å². The Bertz CT molecular complexity index is 842. The van der Waals surface area contributed by atoms with Crippen molar-refractivity contribution in [3.8, 4) is 0 Å². The van der Waals surface area contributed by atoms with Crippen LogP contribution in [-0.2, 0) is 19.6 Å². The van der Waals surface area contributed by atoms with E-state index in [1.807, 2.05) is 0 Å². The van der Waals surface area contributed by atoms with Crippen molar-refractivity contribution in [3.63, 3.8) is 0 Å². The molecule has 2 aromatic rings. The van der Waals surface area contributed by atoms with Crippen molar-refractivity contribution in [2.75, 3.05) is 6.54 Å². The molecule has 0 atom stereocenters. The van der Waals surface area contributed by atoms with Crippen LogP contribution in [0.2, 0.25) is 0 Å². The van der Waals surface area contributed by atoms with Gasteiger partial charge in [-0.05, 0) is 46.4 Å². The highest BCUT2D eigenvalue weighted by Gasteiger charge is 2.14. The lowest BCUT2D eigenvalue weighted by atomic mass is 9.97. The molecule has 1 aliphatic rings. The summed E-state index contributed by atoms with van der Waals surface area (Å²) < 4.78 is 0. The lowest BCUT2D eigenvalue weighted by Gasteiger charge is -2.18. The molecule has 0 radical (unpaired) electrons. The number of benzene rings is 2. The van der Waals surface area contributed by atoms with Gasteiger partial charge < -0.3 is 16.0 Å². The third-order valence-corrected chi connectivity index (χ3v) is 4.54. The molecule has 0 aliphatic carbocycles. The number of carbonyl (C=O) groups is 2. The summed E-state index contributed by atoms with van der Waals surface area (Å²) in [6.07, 6.45) is 0. The summed E-state index contributed by atoms with van der Waals surface area (Å²) >= 11 is 0. The highest BCUT2D eigenvalue weighted by Crippen LogP contribution is 2.17. The first-order valence-corrected chi connectivity index (χ1v) is 9.30. The van der Waals surface area contributed by atoms with Gasteiger partial charge in [0.15, 0.2) is 0 Å². The largest absolute Gasteiger partial charge is 0.352 e. The van der Waals surface area contributed by atoms with E-state index in [0.717, 1.165) is 18.7 Å². The normalized spacial score (nSPS) is 12.7. The zero-order chi connectivity index (χ0) is 19.4. The molecule has 2 amide bonds. The maximum absolute atomic E-state index is 12.4. The second kappa shape index (κ2) is 9.22. The number of fused-ring (bicyclic) bond motifs is 1. The minimum Gasteiger partial charge on any atom is -0.352 e. The van der Waals surface area contributed by atoms with Crippen molar-refractivity contribution in [3.05, 3.63) is 70.3 Å². The van der Waals surface area contributed by atoms with Crippen molar-refractivity contribution in [1.82, 2.24) is 16.0 Å². The summed E-state index contributed by atoms with van der Waals surface area (Å²) in [6, 6.07) is 13.1. The lowest BCUT2D eigenvalue weighted by Crippen LogP contribution is -2.32. The molecule has 3 N–H and O–H groups in total. The van der Waals surface area contributed by atoms with Gasteiger partial charge in [0, 0.05) is 37.3 Å². The molecule has 28 heavy (non-hydrogen) atoms. The average Bonchev–Trinajstić information content (AvgIpc) is 3.11. The van der Waals surface area contributed by atoms with Crippen LogP contribution in [0.25, 0.3) is 0 Å². The topological polar surface area (TPSA) is 70.2 Å². The van der Waals surface area contributed by atoms with Gasteiger partial charge in [-0.3, -0.25) is 9.59 Å². The molecule has 150 valence electrons. The van der Waals surface area contributed by atoms with Crippen LogP contribution in [0.5, 0.6) is 0 Å². The SMILES string of the molecule is CC(C)(C)CNC(=O)c1ccc(C(=O)NCc2ccc3c(c2)CNC3)cc1.Cl. The maximum atomic E-state index is 12.4. The molecule has 5 nitrogen and oxygen atoms in total. The fraction of sp³-hybridized carbons (Fsp3) is 0.364. The predicted octanol–water partition coefficient (Wildman–Crippen LogP) is 3.42. The minimum atomic E-state index is -0.143. The fourth-order valence-electron chi connectivity index (χ4n) is 2.96. The van der Waals surface area contributed by atoms with E-state index in [2.05, 4.69) is 54.9 Å². The summed E-state index contributed by atoms with van der Waals surface area (Å²) in [6.45, 7) is 9.09. The molecule has 1 heterocycles. The van der Waals surface area contributed by atoms with Crippen molar-refractivity contribution in [2.45, 2.75) is 40.4 Å². The molecule has 2 aromatic carbocycles. The zero-order valence-corrected chi connectivity index (χ0v) is 17.4. The molecule has 6 heteroatoms. The van der Waals surface area contributed by atoms with Gasteiger partial charge in [-0.25, -0.2) is 0 Å². The Hall–Kier alpha value is -2.37. The highest BCUT2D eigenvalue weighted by atomic mass is 35.5. The molecule has 0 spiro atoms. The Labute approximate surface area is 172 Å². The molecule has 0 saturated carbocycles. The number of nitrogens with one attached hydrogen (secondary N) is 3. The Morgan fingerprint density at radius 1 is 0.893 bits per heavy atom. The Morgan fingerprint density at radius 3 is 2.07 bits per heavy atom. The quantitative estimate of drug-likeness (QED) is 0.719. The molecule has 0 unspecified atom stereocenters. The molecular weight excluding hydrogens is 374 g/mol. The first kappa shape index (κ1) is 21.9. The number of halogens is 1. The van der Waals surface area contributed by atoms with Gasteiger partial charge >= 0.3 is 0 Å². The van der Waals surface area contributed by atoms with Gasteiger partial charge in [0.05, 0.1) is 0 Å². The van der Waals surface area contributed by atoms with E-state index >= 15 is 0 Å². The van der Waals surface area contributed by atoms with Crippen molar-refractivity contribution in [2.24, 2.45) is 5.41 Å². The van der Waals surface area contributed by atoms with Gasteiger partial charge in [-0.15, -0.1) is 12.4 Å². The molecule has 0 saturated heterocycles. The van der Waals surface area contributed by atoms with Gasteiger partial charge in [-0.2, -0.15) is 0 Å². The van der Waals surface area contributed by atoms with Gasteiger partial charge in [0.1, 0.15) is 0 Å². The fourth-order valence-corrected chi connectivity index (χ4v) is 2.96. The van der Waals surface area contributed by atoms with E-state index in [4.69, 9.17) is 0 Å². The van der Waals surface area contributed by atoms with E-state index in [1.54, 1.807) is 24.3 Å². The van der Waals surface area contributed by atoms with E-state index in [9.17, 15) is 9.59 Å². The molecule has 0 aromatic heterocycles. The summed E-state index contributed by atoms with van der Waals surface area (Å²) in [5.41, 5.74) is 4.84. The molecular formula is C22H28ClN3O2. The Kier molecular flexibility index (Phi) is 7.22. The second-order valence-corrected chi connectivity index (χ2v) is 8.21. The maximum Gasteiger partial charge on any atom is 0.251 e. The van der Waals surface area contributed by atoms with Gasteiger partial charge in [-0.1, -0.05) is 39.0 Å². The first-order chi connectivity index (χ1) is 12.8. The van der Waals surface area contributed by atoms with E-state index in [-0.39, 0.29) is 29.6 Å². The Balaban J connectivity index is 0.00000280. The highest BCUT2D eigenvalue weighted by molar-refractivity contribution is 5.97. The molecule has 0 fully saturated rings. The summed E-state index contributed by atoms with van der Waals surface area (Å²) in [4.78, 5) is 24.5. The van der Waals surface area contributed by atoms with Crippen molar-refractivity contribution in [1.29, 1.82) is 0 Å². The van der Waals surface area contributed by atoms with Crippen molar-refractivity contribution < 1.29 is 9.59 Å². The lowest BCUT2D eigenvalue weighted by molar-refractivity contribution is 0.0932. The predicted molar refractivity (Wildman–Crippen MR) is 114 cm³/mol. The third-order valence-electron chi connectivity index (χ3n) is 4.54. The first-order valence-electron chi connectivity index (χ1n) is 9.30. The van der Waals surface area contributed by atoms with Gasteiger partial charge in [0.25, 0.3) is 11.8 Å². The van der Waals surface area contributed by atoms with Gasteiger partial charge in [0.2, 0.25) is 0 Å². The Morgan fingerprint density at radius 2 is 1.46 bits per heavy atom. The van der Waals surface area contributed by atoms with Crippen LogP contribution in [0.15, 0.2) is 42.5 Å². The number of hydrogen-bond donors (Lipinski definition) is 3. The van der Waals surface area contributed by atoms with Crippen LogP contribution < -0.4 is 16.0 Å². The number of rotatable bonds is 5. The van der Waals surface area contributed by atoms with Crippen LogP contribution in [0.1, 0.15) is 58.2 Å². The summed E-state index contributed by atoms with van der Waals surface area (Å²) in [7, 11) is 0. The van der Waals surface area contributed by atoms with Crippen LogP contribution in [0, 0.1) is 5.41 Å². The van der Waals surface area contributed by atoms with Crippen LogP contribution in [0.3, 0.4) is 0 Å². The zero-order valence-electron chi connectivity index (χ0n) is 16.6. The monoisotopic (exact) mass is 401 g/mol. The smallest absolute Gasteiger partial charge is 0.251 e. The second-order valence-electron chi connectivity index (χ2n) is 8.21. The number of carbonyl (C=O) groups excluding carboxylic acids is 2.